The molecule has 0 spiro atoms. The van der Waals surface area contributed by atoms with Crippen molar-refractivity contribution >= 4 is 17.3 Å². The second kappa shape index (κ2) is 7.29. The Morgan fingerprint density at radius 1 is 1.12 bits per heavy atom. The van der Waals surface area contributed by atoms with Gasteiger partial charge in [-0.05, 0) is 12.5 Å². The zero-order valence-electron chi connectivity index (χ0n) is 13.2. The zero-order chi connectivity index (χ0) is 17.1. The Morgan fingerprint density at radius 2 is 1.88 bits per heavy atom. The van der Waals surface area contributed by atoms with E-state index in [1.807, 2.05) is 0 Å². The van der Waals surface area contributed by atoms with E-state index in [2.05, 4.69) is 20.0 Å². The summed E-state index contributed by atoms with van der Waals surface area (Å²) in [5, 5.41) is 35.9. The van der Waals surface area contributed by atoms with E-state index in [4.69, 9.17) is 16.7 Å². The monoisotopic (exact) mass is 352 g/mol. The number of rotatable bonds is 5. The number of nitrogens with one attached hydrogen (secondary N) is 1. The molecule has 1 aliphatic heterocycles. The van der Waals surface area contributed by atoms with Crippen LogP contribution in [0.1, 0.15) is 6.42 Å². The molecule has 0 aliphatic carbocycles. The summed E-state index contributed by atoms with van der Waals surface area (Å²) in [5.74, 6) is -0.223. The van der Waals surface area contributed by atoms with Crippen molar-refractivity contribution in [2.75, 3.05) is 44.2 Å². The lowest BCUT2D eigenvalue weighted by atomic mass is 10.1. The molecule has 3 rings (SSSR count). The number of aliphatic hydroxyl groups excluding tert-OH is 1. The lowest BCUT2D eigenvalue weighted by Gasteiger charge is -2.35. The van der Waals surface area contributed by atoms with Crippen LogP contribution in [0.4, 0.5) is 5.69 Å². The van der Waals surface area contributed by atoms with Crippen molar-refractivity contribution < 1.29 is 15.3 Å². The number of H-pyrrole nitrogens is 1. The van der Waals surface area contributed by atoms with Gasteiger partial charge < -0.3 is 20.2 Å². The Kier molecular flexibility index (Phi) is 5.13. The van der Waals surface area contributed by atoms with Gasteiger partial charge in [0.25, 0.3) is 0 Å². The van der Waals surface area contributed by atoms with E-state index in [0.717, 1.165) is 44.8 Å². The first-order valence-corrected chi connectivity index (χ1v) is 8.31. The number of anilines is 1. The fourth-order valence-electron chi connectivity index (χ4n) is 2.97. The van der Waals surface area contributed by atoms with Gasteiger partial charge in [0.15, 0.2) is 0 Å². The van der Waals surface area contributed by atoms with E-state index >= 15 is 0 Å². The number of phenolic OH excluding ortho intramolecular Hbond substituents is 2. The number of halogens is 1. The zero-order valence-corrected chi connectivity index (χ0v) is 14.0. The molecule has 24 heavy (non-hydrogen) atoms. The van der Waals surface area contributed by atoms with Crippen LogP contribution >= 0.6 is 11.6 Å². The number of aromatic hydroxyl groups is 2. The van der Waals surface area contributed by atoms with E-state index in [0.29, 0.717) is 11.3 Å². The van der Waals surface area contributed by atoms with Crippen molar-refractivity contribution in [2.45, 2.75) is 6.42 Å². The maximum absolute atomic E-state index is 10.1. The highest BCUT2D eigenvalue weighted by atomic mass is 35.5. The summed E-state index contributed by atoms with van der Waals surface area (Å²) >= 11 is 5.97. The summed E-state index contributed by atoms with van der Waals surface area (Å²) in [6.07, 6.45) is 2.59. The summed E-state index contributed by atoms with van der Waals surface area (Å²) in [4.78, 5) is 4.52. The number of hydrogen-bond donors (Lipinski definition) is 4. The molecule has 0 radical (unpaired) electrons. The fraction of sp³-hybridized carbons (Fsp3) is 0.438. The maximum Gasteiger partial charge on any atom is 0.137 e. The van der Waals surface area contributed by atoms with Crippen molar-refractivity contribution in [3.8, 4) is 22.8 Å². The van der Waals surface area contributed by atoms with Gasteiger partial charge in [0.05, 0.1) is 10.7 Å². The highest BCUT2D eigenvalue weighted by Gasteiger charge is 2.23. The van der Waals surface area contributed by atoms with Gasteiger partial charge in [-0.15, -0.1) is 0 Å². The van der Waals surface area contributed by atoms with Crippen LogP contribution in [0.2, 0.25) is 5.02 Å². The topological polar surface area (TPSA) is 95.9 Å². The summed E-state index contributed by atoms with van der Waals surface area (Å²) in [7, 11) is 0. The quantitative estimate of drug-likeness (QED) is 0.653. The summed E-state index contributed by atoms with van der Waals surface area (Å²) in [6.45, 7) is 4.61. The van der Waals surface area contributed by atoms with Gasteiger partial charge in [-0.2, -0.15) is 5.10 Å². The Morgan fingerprint density at radius 3 is 2.58 bits per heavy atom. The predicted octanol–water partition coefficient (Wildman–Crippen LogP) is 1.65. The van der Waals surface area contributed by atoms with E-state index < -0.39 is 0 Å². The minimum absolute atomic E-state index is 0.0631. The molecular formula is C16H21ClN4O3. The van der Waals surface area contributed by atoms with Gasteiger partial charge in [0.1, 0.15) is 17.2 Å². The van der Waals surface area contributed by atoms with Crippen LogP contribution in [0.15, 0.2) is 18.3 Å². The second-order valence-corrected chi connectivity index (χ2v) is 6.25. The largest absolute Gasteiger partial charge is 0.507 e. The third-order valence-electron chi connectivity index (χ3n) is 4.29. The molecule has 0 bridgehead atoms. The number of benzene rings is 1. The first-order valence-electron chi connectivity index (χ1n) is 7.94. The Labute approximate surface area is 145 Å². The Hall–Kier alpha value is -1.96. The van der Waals surface area contributed by atoms with Crippen molar-refractivity contribution in [1.82, 2.24) is 15.1 Å². The highest BCUT2D eigenvalue weighted by Crippen LogP contribution is 2.40. The summed E-state index contributed by atoms with van der Waals surface area (Å²) in [6, 6.07) is 2.74. The molecule has 1 aliphatic rings. The molecule has 1 aromatic carbocycles. The molecule has 1 aromatic heterocycles. The number of aromatic nitrogens is 2. The number of aromatic amines is 1. The standard InChI is InChI=1S/C16H21ClN4O3/c17-12-8-11(14(23)9-15(12)24)16-13(10-18-19-16)21-5-3-20(4-6-21)2-1-7-22/h8-10,22-24H,1-7H2,(H,18,19). The van der Waals surface area contributed by atoms with Crippen LogP contribution in [0.5, 0.6) is 11.5 Å². The minimum Gasteiger partial charge on any atom is -0.507 e. The van der Waals surface area contributed by atoms with E-state index in [-0.39, 0.29) is 23.1 Å². The molecule has 2 aromatic rings. The van der Waals surface area contributed by atoms with Gasteiger partial charge >= 0.3 is 0 Å². The molecule has 7 nitrogen and oxygen atoms in total. The molecule has 1 saturated heterocycles. The highest BCUT2D eigenvalue weighted by molar-refractivity contribution is 6.32. The Balaban J connectivity index is 1.78. The van der Waals surface area contributed by atoms with Crippen LogP contribution in [-0.4, -0.2) is 69.7 Å². The van der Waals surface area contributed by atoms with Crippen LogP contribution in [0, 0.1) is 0 Å². The van der Waals surface area contributed by atoms with Crippen molar-refractivity contribution in [3.63, 3.8) is 0 Å². The average Bonchev–Trinajstić information content (AvgIpc) is 3.06. The van der Waals surface area contributed by atoms with Crippen LogP contribution in [0.25, 0.3) is 11.3 Å². The summed E-state index contributed by atoms with van der Waals surface area (Å²) in [5.41, 5.74) is 1.99. The maximum atomic E-state index is 10.1. The number of phenols is 2. The smallest absolute Gasteiger partial charge is 0.137 e. The molecule has 4 N–H and O–H groups in total. The minimum atomic E-state index is -0.160. The first-order chi connectivity index (χ1) is 11.6. The number of hydrogen-bond acceptors (Lipinski definition) is 6. The molecule has 0 unspecified atom stereocenters. The third kappa shape index (κ3) is 3.43. The molecule has 0 saturated carbocycles. The molecule has 130 valence electrons. The second-order valence-electron chi connectivity index (χ2n) is 5.85. The molecular weight excluding hydrogens is 332 g/mol. The Bertz CT molecular complexity index is 699. The average molecular weight is 353 g/mol. The van der Waals surface area contributed by atoms with Crippen LogP contribution in [0.3, 0.4) is 0 Å². The number of nitrogens with zero attached hydrogens (tertiary/aromatic N) is 3. The van der Waals surface area contributed by atoms with Crippen molar-refractivity contribution in [2.24, 2.45) is 0 Å². The lowest BCUT2D eigenvalue weighted by Crippen LogP contribution is -2.46. The molecule has 0 atom stereocenters. The van der Waals surface area contributed by atoms with E-state index in [1.54, 1.807) is 6.20 Å². The van der Waals surface area contributed by atoms with Gasteiger partial charge in [-0.1, -0.05) is 11.6 Å². The van der Waals surface area contributed by atoms with Crippen molar-refractivity contribution in [1.29, 1.82) is 0 Å². The van der Waals surface area contributed by atoms with Gasteiger partial charge in [0, 0.05) is 57.2 Å². The van der Waals surface area contributed by atoms with Crippen LogP contribution in [-0.2, 0) is 0 Å². The third-order valence-corrected chi connectivity index (χ3v) is 4.59. The van der Waals surface area contributed by atoms with Gasteiger partial charge in [-0.3, -0.25) is 10.00 Å². The number of aliphatic hydroxyl groups is 1. The van der Waals surface area contributed by atoms with E-state index in [9.17, 15) is 10.2 Å². The SMILES string of the molecule is OCCCN1CCN(c2c[nH]nc2-c2cc(Cl)c(O)cc2O)CC1. The molecule has 8 heteroatoms. The molecule has 1 fully saturated rings. The first kappa shape index (κ1) is 16.9. The predicted molar refractivity (Wildman–Crippen MR) is 92.7 cm³/mol. The summed E-state index contributed by atoms with van der Waals surface area (Å²) < 4.78 is 0. The van der Waals surface area contributed by atoms with Gasteiger partial charge in [0.2, 0.25) is 0 Å². The van der Waals surface area contributed by atoms with Crippen LogP contribution < -0.4 is 4.90 Å². The van der Waals surface area contributed by atoms with E-state index in [1.165, 1.54) is 12.1 Å². The number of piperazine rings is 1. The van der Waals surface area contributed by atoms with Gasteiger partial charge in [-0.25, -0.2) is 0 Å². The molecule has 0 amide bonds. The van der Waals surface area contributed by atoms with Crippen molar-refractivity contribution in [3.05, 3.63) is 23.4 Å². The lowest BCUT2D eigenvalue weighted by molar-refractivity contribution is 0.216. The fourth-order valence-corrected chi connectivity index (χ4v) is 3.13. The molecule has 2 heterocycles. The normalized spacial score (nSPS) is 15.8.